The summed E-state index contributed by atoms with van der Waals surface area (Å²) in [6.45, 7) is 20.4. The normalized spacial score (nSPS) is 23.1. The highest BCUT2D eigenvalue weighted by Gasteiger charge is 2.43. The Morgan fingerprint density at radius 2 is 1.76 bits per heavy atom. The Balaban J connectivity index is 1.96. The van der Waals surface area contributed by atoms with Gasteiger partial charge >= 0.3 is 12.1 Å². The van der Waals surface area contributed by atoms with Crippen molar-refractivity contribution < 1.29 is 38.4 Å². The summed E-state index contributed by atoms with van der Waals surface area (Å²) in [5.74, 6) is 4.08. The van der Waals surface area contributed by atoms with Crippen molar-refractivity contribution >= 4 is 17.7 Å². The molecule has 9 nitrogen and oxygen atoms in total. The van der Waals surface area contributed by atoms with Gasteiger partial charge in [0.05, 0.1) is 24.0 Å². The number of cyclic esters (lactones) is 1. The lowest BCUT2D eigenvalue weighted by Crippen LogP contribution is -2.40. The molecule has 42 heavy (non-hydrogen) atoms. The molecule has 0 unspecified atom stereocenters. The Morgan fingerprint density at radius 1 is 1.10 bits per heavy atom. The molecule has 1 N–H and O–H groups in total. The highest BCUT2D eigenvalue weighted by atomic mass is 16.8. The summed E-state index contributed by atoms with van der Waals surface area (Å²) in [7, 11) is 0. The lowest BCUT2D eigenvalue weighted by atomic mass is 9.95. The first-order valence-corrected chi connectivity index (χ1v) is 14.6. The monoisotopic (exact) mass is 585 g/mol. The lowest BCUT2D eigenvalue weighted by molar-refractivity contribution is -0.148. The van der Waals surface area contributed by atoms with Gasteiger partial charge in [0, 0.05) is 44.4 Å². The number of hydrogen-bond acceptors (Lipinski definition) is 8. The molecular formula is C33H47NO8. The number of rotatable bonds is 7. The molecule has 2 aliphatic rings. The largest absolute Gasteiger partial charge is 0.452 e. The van der Waals surface area contributed by atoms with Gasteiger partial charge in [-0.3, -0.25) is 4.90 Å². The fourth-order valence-corrected chi connectivity index (χ4v) is 4.77. The van der Waals surface area contributed by atoms with Crippen LogP contribution in [-0.4, -0.2) is 59.2 Å². The van der Waals surface area contributed by atoms with Crippen LogP contribution in [0.5, 0.6) is 5.75 Å². The van der Waals surface area contributed by atoms with Crippen molar-refractivity contribution in [1.82, 2.24) is 0 Å². The van der Waals surface area contributed by atoms with Crippen molar-refractivity contribution in [2.24, 2.45) is 11.8 Å². The predicted molar refractivity (Wildman–Crippen MR) is 160 cm³/mol. The summed E-state index contributed by atoms with van der Waals surface area (Å²) in [5, 5.41) is 9.84. The van der Waals surface area contributed by atoms with Crippen molar-refractivity contribution in [3.63, 3.8) is 0 Å². The molecule has 0 aliphatic carbocycles. The minimum absolute atomic E-state index is 0.00779. The van der Waals surface area contributed by atoms with Crippen LogP contribution in [-0.2, 0) is 18.9 Å². The van der Waals surface area contributed by atoms with Crippen molar-refractivity contribution in [2.45, 2.75) is 118 Å². The van der Waals surface area contributed by atoms with Crippen LogP contribution in [0.2, 0.25) is 0 Å². The quantitative estimate of drug-likeness (QED) is 0.229. The van der Waals surface area contributed by atoms with Gasteiger partial charge < -0.3 is 28.8 Å². The highest BCUT2D eigenvalue weighted by molar-refractivity contribution is 5.98. The number of fused-ring (bicyclic) bond motifs is 1. The Labute approximate surface area is 250 Å². The third-order valence-corrected chi connectivity index (χ3v) is 6.97. The Bertz CT molecular complexity index is 1250. The van der Waals surface area contributed by atoms with Gasteiger partial charge in [0.15, 0.2) is 5.79 Å². The van der Waals surface area contributed by atoms with Gasteiger partial charge in [0.1, 0.15) is 16.9 Å². The SMILES string of the molecule is CCN(C(=O)OC(C)(C)C)c1cc(C#CC[C@@H]2OC(C)(C)O[C@@H]2[C@H](C)/C=C\[C@@H](C)[C@H](C)O)c2c(c1)OC(C)(C)OC2=O. The van der Waals surface area contributed by atoms with E-state index in [0.717, 1.165) is 0 Å². The fraction of sp³-hybridized carbons (Fsp3) is 0.636. The van der Waals surface area contributed by atoms with E-state index < -0.39 is 35.3 Å². The van der Waals surface area contributed by atoms with E-state index in [4.69, 9.17) is 23.7 Å². The van der Waals surface area contributed by atoms with E-state index in [1.807, 2.05) is 46.8 Å². The van der Waals surface area contributed by atoms with Crippen molar-refractivity contribution in [1.29, 1.82) is 0 Å². The van der Waals surface area contributed by atoms with E-state index in [1.54, 1.807) is 53.7 Å². The summed E-state index contributed by atoms with van der Waals surface area (Å²) < 4.78 is 29.5. The molecule has 1 fully saturated rings. The topological polar surface area (TPSA) is 104 Å². The standard InChI is InChI=1S/C33H47NO8/c1-12-34(30(37)42-31(5,6)7)24-18-23(27-26(19-24)39-33(10,11)41-29(27)36)14-13-15-25-28(40-32(8,9)38-25)21(3)17-16-20(2)22(4)35/h16-22,25,28,35H,12,15H2,1-11H3/b17-16-/t20-,21-,22+,25+,28-/m1/s1. The summed E-state index contributed by atoms with van der Waals surface area (Å²) in [5.41, 5.74) is 0.386. The first-order valence-electron chi connectivity index (χ1n) is 14.6. The van der Waals surface area contributed by atoms with Crippen LogP contribution in [0.3, 0.4) is 0 Å². The van der Waals surface area contributed by atoms with Crippen molar-refractivity contribution in [3.05, 3.63) is 35.4 Å². The number of benzene rings is 1. The summed E-state index contributed by atoms with van der Waals surface area (Å²) in [6.07, 6.45) is 2.81. The third-order valence-electron chi connectivity index (χ3n) is 6.97. The number of ether oxygens (including phenoxy) is 5. The second-order valence-electron chi connectivity index (χ2n) is 13.0. The number of amides is 1. The number of aliphatic hydroxyl groups is 1. The van der Waals surface area contributed by atoms with E-state index >= 15 is 0 Å². The molecule has 1 amide bonds. The molecule has 2 heterocycles. The first kappa shape index (κ1) is 33.4. The zero-order valence-electron chi connectivity index (χ0n) is 26.9. The Hall–Kier alpha value is -3.06. The maximum Gasteiger partial charge on any atom is 0.414 e. The van der Waals surface area contributed by atoms with Gasteiger partial charge in [-0.25, -0.2) is 9.59 Å². The third kappa shape index (κ3) is 8.50. The number of hydrogen-bond donors (Lipinski definition) is 1. The average Bonchev–Trinajstić information content (AvgIpc) is 3.14. The molecule has 2 aliphatic heterocycles. The highest BCUT2D eigenvalue weighted by Crippen LogP contribution is 2.38. The minimum Gasteiger partial charge on any atom is -0.452 e. The molecule has 0 bridgehead atoms. The van der Waals surface area contributed by atoms with Crippen LogP contribution in [0.15, 0.2) is 24.3 Å². The molecule has 1 saturated heterocycles. The maximum atomic E-state index is 13.1. The molecular weight excluding hydrogens is 538 g/mol. The van der Waals surface area contributed by atoms with E-state index in [-0.39, 0.29) is 35.4 Å². The summed E-state index contributed by atoms with van der Waals surface area (Å²) >= 11 is 0. The van der Waals surface area contributed by atoms with Gasteiger partial charge in [0.2, 0.25) is 5.79 Å². The molecule has 9 heteroatoms. The number of carbonyl (C=O) groups excluding carboxylic acids is 2. The average molecular weight is 586 g/mol. The zero-order valence-corrected chi connectivity index (χ0v) is 26.9. The number of esters is 1. The van der Waals surface area contributed by atoms with Gasteiger partial charge in [-0.1, -0.05) is 37.8 Å². The van der Waals surface area contributed by atoms with E-state index in [9.17, 15) is 14.7 Å². The predicted octanol–water partition coefficient (Wildman–Crippen LogP) is 6.20. The summed E-state index contributed by atoms with van der Waals surface area (Å²) in [6, 6.07) is 3.32. The van der Waals surface area contributed by atoms with E-state index in [2.05, 4.69) is 11.8 Å². The molecule has 0 spiro atoms. The number of nitrogens with zero attached hydrogens (tertiary/aromatic N) is 1. The van der Waals surface area contributed by atoms with Gasteiger partial charge in [-0.2, -0.15) is 0 Å². The van der Waals surface area contributed by atoms with Crippen LogP contribution in [0, 0.1) is 23.7 Å². The maximum absolute atomic E-state index is 13.1. The van der Waals surface area contributed by atoms with Crippen LogP contribution >= 0.6 is 0 Å². The second kappa shape index (κ2) is 12.7. The molecule has 3 rings (SSSR count). The van der Waals surface area contributed by atoms with Crippen molar-refractivity contribution in [2.75, 3.05) is 11.4 Å². The van der Waals surface area contributed by atoms with Crippen LogP contribution in [0.1, 0.15) is 98.5 Å². The molecule has 5 atom stereocenters. The van der Waals surface area contributed by atoms with Gasteiger partial charge in [-0.15, -0.1) is 0 Å². The second-order valence-corrected chi connectivity index (χ2v) is 13.0. The fourth-order valence-electron chi connectivity index (χ4n) is 4.77. The van der Waals surface area contributed by atoms with Crippen LogP contribution < -0.4 is 9.64 Å². The van der Waals surface area contributed by atoms with E-state index in [1.165, 1.54) is 4.90 Å². The molecule has 1 aromatic rings. The van der Waals surface area contributed by atoms with Gasteiger partial charge in [-0.05, 0) is 60.5 Å². The summed E-state index contributed by atoms with van der Waals surface area (Å²) in [4.78, 5) is 27.6. The first-order chi connectivity index (χ1) is 19.3. The molecule has 0 saturated carbocycles. The van der Waals surface area contributed by atoms with Crippen LogP contribution in [0.25, 0.3) is 0 Å². The zero-order chi connectivity index (χ0) is 31.6. The van der Waals surface area contributed by atoms with Crippen molar-refractivity contribution in [3.8, 4) is 17.6 Å². The Kier molecular flexibility index (Phi) is 10.1. The number of aliphatic hydroxyl groups excluding tert-OH is 1. The Morgan fingerprint density at radius 3 is 2.36 bits per heavy atom. The van der Waals surface area contributed by atoms with Crippen LogP contribution in [0.4, 0.5) is 10.5 Å². The lowest BCUT2D eigenvalue weighted by Gasteiger charge is -2.33. The molecule has 0 aromatic heterocycles. The number of anilines is 1. The number of carbonyl (C=O) groups is 2. The molecule has 1 aromatic carbocycles. The minimum atomic E-state index is -1.18. The van der Waals surface area contributed by atoms with Gasteiger partial charge in [0.25, 0.3) is 0 Å². The smallest absolute Gasteiger partial charge is 0.414 e. The molecule has 0 radical (unpaired) electrons. The molecule has 232 valence electrons. The van der Waals surface area contributed by atoms with E-state index in [0.29, 0.717) is 24.2 Å².